The van der Waals surface area contributed by atoms with Crippen LogP contribution in [0, 0.1) is 0 Å². The first-order valence-electron chi connectivity index (χ1n) is 10.1. The minimum Gasteiger partial charge on any atom is -0.357 e. The van der Waals surface area contributed by atoms with Crippen molar-refractivity contribution in [1.82, 2.24) is 15.6 Å². The van der Waals surface area contributed by atoms with Gasteiger partial charge in [0, 0.05) is 37.3 Å². The lowest BCUT2D eigenvalue weighted by Gasteiger charge is -2.21. The van der Waals surface area contributed by atoms with Crippen LogP contribution in [-0.2, 0) is 13.0 Å². The molecule has 0 atom stereocenters. The van der Waals surface area contributed by atoms with Gasteiger partial charge in [0.05, 0.1) is 6.54 Å². The van der Waals surface area contributed by atoms with Crippen LogP contribution in [0.4, 0.5) is 5.82 Å². The molecule has 1 aliphatic heterocycles. The van der Waals surface area contributed by atoms with Gasteiger partial charge in [-0.3, -0.25) is 0 Å². The molecule has 0 aromatic carbocycles. The highest BCUT2D eigenvalue weighted by atomic mass is 32.1. The molecule has 27 heavy (non-hydrogen) atoms. The molecule has 2 aromatic rings. The molecule has 2 aromatic heterocycles. The fourth-order valence-corrected chi connectivity index (χ4v) is 3.98. The molecule has 2 N–H and O–H groups in total. The van der Waals surface area contributed by atoms with Crippen molar-refractivity contribution in [3.05, 3.63) is 46.3 Å². The van der Waals surface area contributed by atoms with E-state index in [1.165, 1.54) is 30.6 Å². The van der Waals surface area contributed by atoms with Crippen LogP contribution in [0.5, 0.6) is 0 Å². The Kier molecular flexibility index (Phi) is 7.96. The first-order valence-corrected chi connectivity index (χ1v) is 11.0. The zero-order valence-electron chi connectivity index (χ0n) is 16.3. The smallest absolute Gasteiger partial charge is 0.191 e. The fourth-order valence-electron chi connectivity index (χ4n) is 3.27. The number of hydrogen-bond acceptors (Lipinski definition) is 4. The van der Waals surface area contributed by atoms with E-state index < -0.39 is 0 Å². The number of guanidine groups is 1. The second kappa shape index (κ2) is 10.9. The standard InChI is InChI=1S/C21H31N5S/c1-2-22-21(23-12-11-19-8-7-15-27-19)25-17-18-9-10-20(24-16-18)26-13-5-3-4-6-14-26/h7-10,15-16H,2-6,11-14,17H2,1H3,(H2,22,23,25). The number of nitrogens with one attached hydrogen (secondary N) is 2. The van der Waals surface area contributed by atoms with E-state index in [2.05, 4.69) is 57.1 Å². The Morgan fingerprint density at radius 1 is 1.15 bits per heavy atom. The summed E-state index contributed by atoms with van der Waals surface area (Å²) < 4.78 is 0. The molecule has 3 rings (SSSR count). The van der Waals surface area contributed by atoms with E-state index in [9.17, 15) is 0 Å². The van der Waals surface area contributed by atoms with Crippen LogP contribution in [0.25, 0.3) is 0 Å². The number of aromatic nitrogens is 1. The number of hydrogen-bond donors (Lipinski definition) is 2. The SMILES string of the molecule is CCNC(=NCc1ccc(N2CCCCCC2)nc1)NCCc1cccs1. The van der Waals surface area contributed by atoms with Crippen LogP contribution < -0.4 is 15.5 Å². The van der Waals surface area contributed by atoms with Gasteiger partial charge in [0.1, 0.15) is 5.82 Å². The molecule has 0 aliphatic carbocycles. The van der Waals surface area contributed by atoms with Crippen LogP contribution >= 0.6 is 11.3 Å². The summed E-state index contributed by atoms with van der Waals surface area (Å²) in [5.41, 5.74) is 1.14. The Morgan fingerprint density at radius 2 is 2.00 bits per heavy atom. The summed E-state index contributed by atoms with van der Waals surface area (Å²) in [4.78, 5) is 13.2. The number of nitrogens with zero attached hydrogens (tertiary/aromatic N) is 3. The maximum absolute atomic E-state index is 4.70. The molecule has 0 radical (unpaired) electrons. The first kappa shape index (κ1) is 19.7. The van der Waals surface area contributed by atoms with Crippen molar-refractivity contribution in [1.29, 1.82) is 0 Å². The lowest BCUT2D eigenvalue weighted by Crippen LogP contribution is -2.38. The molecule has 0 unspecified atom stereocenters. The van der Waals surface area contributed by atoms with Gasteiger partial charge in [0.2, 0.25) is 0 Å². The molecule has 5 nitrogen and oxygen atoms in total. The van der Waals surface area contributed by atoms with Crippen molar-refractivity contribution < 1.29 is 0 Å². The van der Waals surface area contributed by atoms with Crippen LogP contribution in [0.3, 0.4) is 0 Å². The summed E-state index contributed by atoms with van der Waals surface area (Å²) in [5.74, 6) is 1.97. The zero-order chi connectivity index (χ0) is 18.7. The monoisotopic (exact) mass is 385 g/mol. The molecule has 3 heterocycles. The van der Waals surface area contributed by atoms with Gasteiger partial charge in [-0.1, -0.05) is 25.0 Å². The second-order valence-electron chi connectivity index (χ2n) is 6.88. The third-order valence-electron chi connectivity index (χ3n) is 4.75. The minimum atomic E-state index is 0.640. The van der Waals surface area contributed by atoms with Gasteiger partial charge in [-0.25, -0.2) is 9.98 Å². The number of anilines is 1. The summed E-state index contributed by atoms with van der Waals surface area (Å²) in [5, 5.41) is 8.85. The lowest BCUT2D eigenvalue weighted by molar-refractivity contribution is 0.726. The summed E-state index contributed by atoms with van der Waals surface area (Å²) in [6.45, 7) is 6.73. The van der Waals surface area contributed by atoms with E-state index in [-0.39, 0.29) is 0 Å². The molecule has 0 spiro atoms. The van der Waals surface area contributed by atoms with E-state index in [1.54, 1.807) is 11.3 Å². The van der Waals surface area contributed by atoms with Crippen LogP contribution in [0.1, 0.15) is 43.0 Å². The van der Waals surface area contributed by atoms with Gasteiger partial charge < -0.3 is 15.5 Å². The van der Waals surface area contributed by atoms with Crippen molar-refractivity contribution >= 4 is 23.1 Å². The molecular weight excluding hydrogens is 354 g/mol. The fraction of sp³-hybridized carbons (Fsp3) is 0.524. The van der Waals surface area contributed by atoms with E-state index in [0.717, 1.165) is 49.9 Å². The molecule has 146 valence electrons. The van der Waals surface area contributed by atoms with Crippen LogP contribution in [0.15, 0.2) is 40.8 Å². The van der Waals surface area contributed by atoms with Crippen molar-refractivity contribution in [2.45, 2.75) is 45.6 Å². The molecule has 0 bridgehead atoms. The summed E-state index contributed by atoms with van der Waals surface area (Å²) in [6, 6.07) is 8.58. The molecule has 0 amide bonds. The lowest BCUT2D eigenvalue weighted by atomic mass is 10.2. The Morgan fingerprint density at radius 3 is 2.67 bits per heavy atom. The van der Waals surface area contributed by atoms with Gasteiger partial charge in [-0.05, 0) is 49.3 Å². The topological polar surface area (TPSA) is 52.6 Å². The van der Waals surface area contributed by atoms with E-state index in [4.69, 9.17) is 4.99 Å². The first-order chi connectivity index (χ1) is 13.3. The molecule has 0 saturated carbocycles. The zero-order valence-corrected chi connectivity index (χ0v) is 17.1. The maximum atomic E-state index is 4.70. The molecule has 6 heteroatoms. The Labute approximate surface area is 166 Å². The van der Waals surface area contributed by atoms with Crippen molar-refractivity contribution in [3.8, 4) is 0 Å². The van der Waals surface area contributed by atoms with Crippen molar-refractivity contribution in [2.75, 3.05) is 31.1 Å². The summed E-state index contributed by atoms with van der Waals surface area (Å²) >= 11 is 1.80. The maximum Gasteiger partial charge on any atom is 0.191 e. The minimum absolute atomic E-state index is 0.640. The Hall–Kier alpha value is -2.08. The predicted octanol–water partition coefficient (Wildman–Crippen LogP) is 3.82. The van der Waals surface area contributed by atoms with Gasteiger partial charge in [0.25, 0.3) is 0 Å². The van der Waals surface area contributed by atoms with Gasteiger partial charge in [-0.2, -0.15) is 0 Å². The van der Waals surface area contributed by atoms with Gasteiger partial charge >= 0.3 is 0 Å². The quantitative estimate of drug-likeness (QED) is 0.562. The van der Waals surface area contributed by atoms with Crippen molar-refractivity contribution in [2.24, 2.45) is 4.99 Å². The number of pyridine rings is 1. The van der Waals surface area contributed by atoms with Crippen LogP contribution in [-0.4, -0.2) is 37.1 Å². The van der Waals surface area contributed by atoms with E-state index in [1.807, 2.05) is 6.20 Å². The average molecular weight is 386 g/mol. The van der Waals surface area contributed by atoms with Crippen LogP contribution in [0.2, 0.25) is 0 Å². The molecular formula is C21H31N5S. The van der Waals surface area contributed by atoms with E-state index in [0.29, 0.717) is 6.54 Å². The summed E-state index contributed by atoms with van der Waals surface area (Å²) in [7, 11) is 0. The highest BCUT2D eigenvalue weighted by molar-refractivity contribution is 7.09. The number of thiophene rings is 1. The highest BCUT2D eigenvalue weighted by Gasteiger charge is 2.10. The Balaban J connectivity index is 1.51. The molecule has 1 saturated heterocycles. The van der Waals surface area contributed by atoms with Gasteiger partial charge in [-0.15, -0.1) is 11.3 Å². The normalized spacial score (nSPS) is 15.4. The molecule has 1 fully saturated rings. The predicted molar refractivity (Wildman–Crippen MR) is 116 cm³/mol. The Bertz CT molecular complexity index is 673. The average Bonchev–Trinajstić information content (AvgIpc) is 3.06. The van der Waals surface area contributed by atoms with Crippen molar-refractivity contribution in [3.63, 3.8) is 0 Å². The largest absolute Gasteiger partial charge is 0.357 e. The second-order valence-corrected chi connectivity index (χ2v) is 7.91. The van der Waals surface area contributed by atoms with E-state index >= 15 is 0 Å². The van der Waals surface area contributed by atoms with Gasteiger partial charge in [0.15, 0.2) is 5.96 Å². The highest BCUT2D eigenvalue weighted by Crippen LogP contribution is 2.17. The molecule has 1 aliphatic rings. The number of rotatable bonds is 7. The number of aliphatic imine (C=N–C) groups is 1. The third kappa shape index (κ3) is 6.54. The summed E-state index contributed by atoms with van der Waals surface area (Å²) in [6.07, 6.45) is 8.23. The third-order valence-corrected chi connectivity index (χ3v) is 5.68.